The average Bonchev–Trinajstić information content (AvgIpc) is 2.19. The molecule has 1 aromatic rings. The highest BCUT2D eigenvalue weighted by atomic mass is 79.9. The Morgan fingerprint density at radius 2 is 2.36 bits per heavy atom. The van der Waals surface area contributed by atoms with Crippen LogP contribution < -0.4 is 10.5 Å². The van der Waals surface area contributed by atoms with Crippen molar-refractivity contribution >= 4 is 33.2 Å². The minimum Gasteiger partial charge on any atom is -0.488 e. The SMILES string of the molecule is C/C(=C/Cl)COc1cc(N)ccc1Br. The fourth-order valence-electron chi connectivity index (χ4n) is 0.854. The van der Waals surface area contributed by atoms with E-state index in [1.807, 2.05) is 13.0 Å². The number of nitrogens with two attached hydrogens (primary N) is 1. The maximum atomic E-state index is 5.62. The molecule has 0 unspecified atom stereocenters. The first-order valence-corrected chi connectivity index (χ1v) is 5.30. The third-order valence-corrected chi connectivity index (χ3v) is 2.62. The van der Waals surface area contributed by atoms with Gasteiger partial charge in [0.05, 0.1) is 4.47 Å². The Bertz CT molecular complexity index is 352. The Morgan fingerprint density at radius 3 is 3.00 bits per heavy atom. The van der Waals surface area contributed by atoms with Crippen LogP contribution in [0.1, 0.15) is 6.92 Å². The van der Waals surface area contributed by atoms with Crippen LogP contribution in [-0.2, 0) is 0 Å². The molecule has 0 saturated carbocycles. The lowest BCUT2D eigenvalue weighted by Gasteiger charge is -2.08. The van der Waals surface area contributed by atoms with E-state index in [0.717, 1.165) is 15.8 Å². The van der Waals surface area contributed by atoms with Gasteiger partial charge in [-0.15, -0.1) is 0 Å². The van der Waals surface area contributed by atoms with Crippen molar-refractivity contribution in [3.63, 3.8) is 0 Å². The maximum absolute atomic E-state index is 5.62. The monoisotopic (exact) mass is 275 g/mol. The van der Waals surface area contributed by atoms with E-state index in [1.54, 1.807) is 12.1 Å². The minimum absolute atomic E-state index is 0.464. The summed E-state index contributed by atoms with van der Waals surface area (Å²) in [6.07, 6.45) is 0. The van der Waals surface area contributed by atoms with Crippen LogP contribution >= 0.6 is 27.5 Å². The van der Waals surface area contributed by atoms with E-state index in [9.17, 15) is 0 Å². The van der Waals surface area contributed by atoms with Gasteiger partial charge in [-0.25, -0.2) is 0 Å². The van der Waals surface area contributed by atoms with E-state index in [1.165, 1.54) is 5.54 Å². The molecule has 0 fully saturated rings. The van der Waals surface area contributed by atoms with E-state index >= 15 is 0 Å². The molecular weight excluding hydrogens is 265 g/mol. The van der Waals surface area contributed by atoms with Gasteiger partial charge in [0.2, 0.25) is 0 Å². The van der Waals surface area contributed by atoms with Gasteiger partial charge in [0.15, 0.2) is 0 Å². The van der Waals surface area contributed by atoms with Crippen molar-refractivity contribution in [1.29, 1.82) is 0 Å². The number of hydrogen-bond acceptors (Lipinski definition) is 2. The summed E-state index contributed by atoms with van der Waals surface area (Å²) in [4.78, 5) is 0. The standard InChI is InChI=1S/C10H11BrClNO/c1-7(5-12)6-14-10-4-8(13)2-3-9(10)11/h2-5H,6,13H2,1H3/b7-5-. The van der Waals surface area contributed by atoms with E-state index in [0.29, 0.717) is 12.3 Å². The second kappa shape index (κ2) is 5.27. The summed E-state index contributed by atoms with van der Waals surface area (Å²) in [5.74, 6) is 0.725. The zero-order chi connectivity index (χ0) is 10.6. The van der Waals surface area contributed by atoms with Gasteiger partial charge >= 0.3 is 0 Å². The smallest absolute Gasteiger partial charge is 0.136 e. The summed E-state index contributed by atoms with van der Waals surface area (Å²) in [5.41, 5.74) is 8.76. The van der Waals surface area contributed by atoms with Crippen LogP contribution in [0.25, 0.3) is 0 Å². The van der Waals surface area contributed by atoms with Gasteiger partial charge in [0, 0.05) is 17.3 Å². The molecule has 1 aromatic carbocycles. The molecule has 0 amide bonds. The van der Waals surface area contributed by atoms with Crippen LogP contribution in [0.5, 0.6) is 5.75 Å². The third-order valence-electron chi connectivity index (χ3n) is 1.60. The zero-order valence-corrected chi connectivity index (χ0v) is 10.1. The van der Waals surface area contributed by atoms with Crippen molar-refractivity contribution < 1.29 is 4.74 Å². The van der Waals surface area contributed by atoms with Crippen molar-refractivity contribution in [3.8, 4) is 5.75 Å². The quantitative estimate of drug-likeness (QED) is 0.857. The summed E-state index contributed by atoms with van der Waals surface area (Å²) in [7, 11) is 0. The second-order valence-electron chi connectivity index (χ2n) is 2.93. The van der Waals surface area contributed by atoms with Gasteiger partial charge in [0.1, 0.15) is 12.4 Å². The molecular formula is C10H11BrClNO. The topological polar surface area (TPSA) is 35.2 Å². The van der Waals surface area contributed by atoms with Crippen LogP contribution in [0.15, 0.2) is 33.8 Å². The Hall–Kier alpha value is -0.670. The first kappa shape index (κ1) is 11.4. The molecule has 0 aliphatic rings. The van der Waals surface area contributed by atoms with Crippen molar-refractivity contribution in [3.05, 3.63) is 33.8 Å². The second-order valence-corrected chi connectivity index (χ2v) is 4.01. The molecule has 0 aromatic heterocycles. The fraction of sp³-hybridized carbons (Fsp3) is 0.200. The maximum Gasteiger partial charge on any atom is 0.136 e. The first-order chi connectivity index (χ1) is 6.63. The van der Waals surface area contributed by atoms with E-state index < -0.39 is 0 Å². The number of ether oxygens (including phenoxy) is 1. The third kappa shape index (κ3) is 3.24. The molecule has 0 heterocycles. The number of halogens is 2. The largest absolute Gasteiger partial charge is 0.488 e. The van der Waals surface area contributed by atoms with Crippen molar-refractivity contribution in [1.82, 2.24) is 0 Å². The van der Waals surface area contributed by atoms with Gasteiger partial charge in [-0.05, 0) is 40.6 Å². The normalized spacial score (nSPS) is 11.5. The van der Waals surface area contributed by atoms with Crippen molar-refractivity contribution in [2.75, 3.05) is 12.3 Å². The number of benzene rings is 1. The van der Waals surface area contributed by atoms with E-state index in [2.05, 4.69) is 15.9 Å². The number of anilines is 1. The number of nitrogen functional groups attached to an aromatic ring is 1. The molecule has 14 heavy (non-hydrogen) atoms. The molecule has 2 N–H and O–H groups in total. The molecule has 0 atom stereocenters. The predicted octanol–water partition coefficient (Wildman–Crippen LogP) is 3.55. The van der Waals surface area contributed by atoms with Gasteiger partial charge < -0.3 is 10.5 Å². The summed E-state index contributed by atoms with van der Waals surface area (Å²) in [6, 6.07) is 5.43. The average molecular weight is 277 g/mol. The summed E-state index contributed by atoms with van der Waals surface area (Å²) >= 11 is 8.88. The lowest BCUT2D eigenvalue weighted by atomic mass is 10.3. The van der Waals surface area contributed by atoms with Gasteiger partial charge in [0.25, 0.3) is 0 Å². The lowest BCUT2D eigenvalue weighted by molar-refractivity contribution is 0.350. The highest BCUT2D eigenvalue weighted by Gasteiger charge is 2.01. The molecule has 2 nitrogen and oxygen atoms in total. The fourth-order valence-corrected chi connectivity index (χ4v) is 1.28. The Balaban J connectivity index is 2.71. The number of hydrogen-bond donors (Lipinski definition) is 1. The van der Waals surface area contributed by atoms with Crippen LogP contribution in [0.4, 0.5) is 5.69 Å². The summed E-state index contributed by atoms with van der Waals surface area (Å²) in [6.45, 7) is 2.36. The molecule has 0 aliphatic heterocycles. The van der Waals surface area contributed by atoms with E-state index in [-0.39, 0.29) is 0 Å². The molecule has 0 aliphatic carbocycles. The molecule has 1 rings (SSSR count). The highest BCUT2D eigenvalue weighted by Crippen LogP contribution is 2.27. The van der Waals surface area contributed by atoms with Crippen molar-refractivity contribution in [2.45, 2.75) is 6.92 Å². The molecule has 0 bridgehead atoms. The van der Waals surface area contributed by atoms with Crippen LogP contribution in [0.2, 0.25) is 0 Å². The van der Waals surface area contributed by atoms with Gasteiger partial charge in [-0.2, -0.15) is 0 Å². The van der Waals surface area contributed by atoms with Crippen LogP contribution in [0.3, 0.4) is 0 Å². The Labute approximate surface area is 96.8 Å². The molecule has 0 spiro atoms. The number of rotatable bonds is 3. The first-order valence-electron chi connectivity index (χ1n) is 4.07. The van der Waals surface area contributed by atoms with Crippen molar-refractivity contribution in [2.24, 2.45) is 0 Å². The van der Waals surface area contributed by atoms with Crippen LogP contribution in [0, 0.1) is 0 Å². The Morgan fingerprint density at radius 1 is 1.64 bits per heavy atom. The molecule has 76 valence electrons. The van der Waals surface area contributed by atoms with Crippen LogP contribution in [-0.4, -0.2) is 6.61 Å². The lowest BCUT2D eigenvalue weighted by Crippen LogP contribution is -1.99. The molecule has 4 heteroatoms. The van der Waals surface area contributed by atoms with Gasteiger partial charge in [-0.3, -0.25) is 0 Å². The zero-order valence-electron chi connectivity index (χ0n) is 7.76. The van der Waals surface area contributed by atoms with Gasteiger partial charge in [-0.1, -0.05) is 11.6 Å². The summed E-state index contributed by atoms with van der Waals surface area (Å²) < 4.78 is 6.37. The predicted molar refractivity (Wildman–Crippen MR) is 63.7 cm³/mol. The van der Waals surface area contributed by atoms with E-state index in [4.69, 9.17) is 22.1 Å². The minimum atomic E-state index is 0.464. The highest BCUT2D eigenvalue weighted by molar-refractivity contribution is 9.10. The molecule has 0 saturated heterocycles. The Kier molecular flexibility index (Phi) is 4.29. The summed E-state index contributed by atoms with van der Waals surface area (Å²) in [5, 5.41) is 0. The molecule has 0 radical (unpaired) electrons.